The zero-order chi connectivity index (χ0) is 14.9. The Morgan fingerprint density at radius 2 is 2.00 bits per heavy atom. The highest BCUT2D eigenvalue weighted by Gasteiger charge is 2.35. The molecule has 21 heavy (non-hydrogen) atoms. The molecule has 0 aliphatic carbocycles. The fourth-order valence-corrected chi connectivity index (χ4v) is 3.80. The van der Waals surface area contributed by atoms with Crippen molar-refractivity contribution >= 4 is 58.2 Å². The largest absolute Gasteiger partial charge is 0.350 e. The first-order valence-electron chi connectivity index (χ1n) is 6.74. The van der Waals surface area contributed by atoms with Crippen LogP contribution >= 0.6 is 47.4 Å². The van der Waals surface area contributed by atoms with Gasteiger partial charge in [-0.3, -0.25) is 0 Å². The molecule has 118 valence electrons. The molecule has 1 aromatic rings. The van der Waals surface area contributed by atoms with Crippen molar-refractivity contribution in [1.82, 2.24) is 4.90 Å². The Morgan fingerprint density at radius 3 is 2.57 bits per heavy atom. The van der Waals surface area contributed by atoms with Gasteiger partial charge in [0.15, 0.2) is 5.17 Å². The van der Waals surface area contributed by atoms with E-state index in [0.29, 0.717) is 16.0 Å². The summed E-state index contributed by atoms with van der Waals surface area (Å²) in [7, 11) is 0. The van der Waals surface area contributed by atoms with E-state index in [1.165, 1.54) is 0 Å². The van der Waals surface area contributed by atoms with E-state index in [4.69, 9.17) is 28.2 Å². The Hall–Kier alpha value is -0.0900. The Bertz CT molecular complexity index is 530. The molecule has 1 aliphatic rings. The molecule has 1 aromatic carbocycles. The lowest BCUT2D eigenvalue weighted by atomic mass is 10.1. The number of amidine groups is 1. The highest BCUT2D eigenvalue weighted by Crippen LogP contribution is 2.38. The Morgan fingerprint density at radius 1 is 1.33 bits per heavy atom. The fraction of sp³-hybridized carbons (Fsp3) is 0.533. The van der Waals surface area contributed by atoms with E-state index in [0.717, 1.165) is 23.9 Å². The van der Waals surface area contributed by atoms with Crippen molar-refractivity contribution in [3.8, 4) is 0 Å². The van der Waals surface area contributed by atoms with Gasteiger partial charge in [0.2, 0.25) is 0 Å². The second-order valence-corrected chi connectivity index (χ2v) is 8.64. The number of rotatable bonds is 3. The summed E-state index contributed by atoms with van der Waals surface area (Å²) < 4.78 is 0.187. The topological polar surface area (TPSA) is 15.6 Å². The summed E-state index contributed by atoms with van der Waals surface area (Å²) in [6.07, 6.45) is 0. The molecular formula is C15H21Cl3N2S. The van der Waals surface area contributed by atoms with Crippen molar-refractivity contribution in [1.29, 1.82) is 0 Å². The Balaban J connectivity index is 0.00000220. The van der Waals surface area contributed by atoms with Gasteiger partial charge < -0.3 is 4.90 Å². The monoisotopic (exact) mass is 366 g/mol. The predicted octanol–water partition coefficient (Wildman–Crippen LogP) is 5.89. The lowest BCUT2D eigenvalue weighted by Gasteiger charge is -2.21. The van der Waals surface area contributed by atoms with E-state index in [1.54, 1.807) is 6.07 Å². The van der Waals surface area contributed by atoms with Crippen LogP contribution < -0.4 is 0 Å². The number of hydrogen-bond acceptors (Lipinski definition) is 2. The predicted molar refractivity (Wildman–Crippen MR) is 98.9 cm³/mol. The van der Waals surface area contributed by atoms with Crippen molar-refractivity contribution in [3.05, 3.63) is 28.2 Å². The maximum Gasteiger partial charge on any atom is 0.165 e. The quantitative estimate of drug-likeness (QED) is 0.662. The molecule has 0 atom stereocenters. The third-order valence-electron chi connectivity index (χ3n) is 2.92. The average molecular weight is 368 g/mol. The molecule has 1 fully saturated rings. The Labute approximate surface area is 147 Å². The van der Waals surface area contributed by atoms with Gasteiger partial charge in [-0.15, -0.1) is 12.4 Å². The highest BCUT2D eigenvalue weighted by atomic mass is 35.5. The van der Waals surface area contributed by atoms with E-state index in [9.17, 15) is 0 Å². The number of aliphatic imine (C=N–C) groups is 1. The first kappa shape index (κ1) is 19.0. The van der Waals surface area contributed by atoms with Crippen LogP contribution in [0.2, 0.25) is 10.0 Å². The van der Waals surface area contributed by atoms with Crippen molar-refractivity contribution in [2.75, 3.05) is 13.1 Å². The second kappa shape index (κ2) is 7.45. The van der Waals surface area contributed by atoms with Crippen LogP contribution in [-0.4, -0.2) is 27.9 Å². The summed E-state index contributed by atoms with van der Waals surface area (Å²) in [5.74, 6) is 0.607. The standard InChI is InChI=1S/C15H20Cl2N2S.ClH/c1-10(2)8-19-9-15(3,4)20-14(19)18-13-6-5-11(16)7-12(13)17;/h5-7,10H,8-9H2,1-4H3;1H. The van der Waals surface area contributed by atoms with E-state index >= 15 is 0 Å². The lowest BCUT2D eigenvalue weighted by molar-refractivity contribution is 0.359. The third kappa shape index (κ3) is 5.24. The smallest absolute Gasteiger partial charge is 0.165 e. The number of benzene rings is 1. The lowest BCUT2D eigenvalue weighted by Crippen LogP contribution is -2.31. The molecule has 0 N–H and O–H groups in total. The van der Waals surface area contributed by atoms with Crippen LogP contribution in [0.25, 0.3) is 0 Å². The zero-order valence-corrected chi connectivity index (χ0v) is 15.8. The molecule has 6 heteroatoms. The first-order valence-corrected chi connectivity index (χ1v) is 8.32. The van der Waals surface area contributed by atoms with E-state index in [-0.39, 0.29) is 17.2 Å². The molecule has 0 saturated carbocycles. The fourth-order valence-electron chi connectivity index (χ4n) is 2.22. The van der Waals surface area contributed by atoms with Gasteiger partial charge in [0.25, 0.3) is 0 Å². The molecule has 2 nitrogen and oxygen atoms in total. The van der Waals surface area contributed by atoms with Crippen LogP contribution in [0.5, 0.6) is 0 Å². The first-order chi connectivity index (χ1) is 9.27. The van der Waals surface area contributed by atoms with Crippen molar-refractivity contribution in [3.63, 3.8) is 0 Å². The second-order valence-electron chi connectivity index (χ2n) is 6.13. The van der Waals surface area contributed by atoms with E-state index in [2.05, 4.69) is 32.6 Å². The molecule has 1 aliphatic heterocycles. The van der Waals surface area contributed by atoms with Crippen molar-refractivity contribution in [2.45, 2.75) is 32.4 Å². The summed E-state index contributed by atoms with van der Waals surface area (Å²) in [6.45, 7) is 11.0. The number of thioether (sulfide) groups is 1. The SMILES string of the molecule is CC(C)CN1CC(C)(C)SC1=Nc1ccc(Cl)cc1Cl.Cl. The molecule has 0 unspecified atom stereocenters. The normalized spacial score (nSPS) is 19.2. The van der Waals surface area contributed by atoms with Crippen LogP contribution in [0.3, 0.4) is 0 Å². The molecule has 1 saturated heterocycles. The van der Waals surface area contributed by atoms with Crippen LogP contribution in [0.15, 0.2) is 23.2 Å². The van der Waals surface area contributed by atoms with Crippen molar-refractivity contribution in [2.24, 2.45) is 10.9 Å². The molecule has 0 amide bonds. The van der Waals surface area contributed by atoms with Crippen molar-refractivity contribution < 1.29 is 0 Å². The minimum absolute atomic E-state index is 0. The molecule has 0 aromatic heterocycles. The third-order valence-corrected chi connectivity index (χ3v) is 4.67. The van der Waals surface area contributed by atoms with Gasteiger partial charge in [-0.2, -0.15) is 0 Å². The van der Waals surface area contributed by atoms with Gasteiger partial charge in [0, 0.05) is 22.9 Å². The van der Waals surface area contributed by atoms with Gasteiger partial charge in [0.1, 0.15) is 0 Å². The minimum Gasteiger partial charge on any atom is -0.350 e. The van der Waals surface area contributed by atoms with Crippen LogP contribution in [0, 0.1) is 5.92 Å². The van der Waals surface area contributed by atoms with E-state index in [1.807, 2.05) is 23.9 Å². The zero-order valence-electron chi connectivity index (χ0n) is 12.7. The van der Waals surface area contributed by atoms with Gasteiger partial charge in [0.05, 0.1) is 10.7 Å². The summed E-state index contributed by atoms with van der Waals surface area (Å²) in [5.41, 5.74) is 0.782. The molecule has 1 heterocycles. The van der Waals surface area contributed by atoms with Crippen LogP contribution in [0.4, 0.5) is 5.69 Å². The maximum atomic E-state index is 6.21. The van der Waals surface area contributed by atoms with Gasteiger partial charge >= 0.3 is 0 Å². The average Bonchev–Trinajstić information content (AvgIpc) is 2.56. The summed E-state index contributed by atoms with van der Waals surface area (Å²) in [4.78, 5) is 7.09. The highest BCUT2D eigenvalue weighted by molar-refractivity contribution is 8.15. The number of nitrogens with zero attached hydrogens (tertiary/aromatic N) is 2. The van der Waals surface area contributed by atoms with Gasteiger partial charge in [-0.25, -0.2) is 4.99 Å². The van der Waals surface area contributed by atoms with Crippen LogP contribution in [-0.2, 0) is 0 Å². The maximum absolute atomic E-state index is 6.21. The summed E-state index contributed by atoms with van der Waals surface area (Å²) in [5, 5.41) is 2.28. The molecule has 0 spiro atoms. The van der Waals surface area contributed by atoms with E-state index < -0.39 is 0 Å². The number of hydrogen-bond donors (Lipinski definition) is 0. The summed E-state index contributed by atoms with van der Waals surface area (Å²) >= 11 is 14.0. The van der Waals surface area contributed by atoms with Gasteiger partial charge in [-0.05, 0) is 38.0 Å². The molecule has 2 rings (SSSR count). The Kier molecular flexibility index (Phi) is 6.73. The summed E-state index contributed by atoms with van der Waals surface area (Å²) in [6, 6.07) is 5.43. The molecular weight excluding hydrogens is 347 g/mol. The van der Waals surface area contributed by atoms with Gasteiger partial charge in [-0.1, -0.05) is 48.8 Å². The molecule has 0 radical (unpaired) electrons. The minimum atomic E-state index is 0. The number of halogens is 3. The molecule has 0 bridgehead atoms. The van der Waals surface area contributed by atoms with Crippen LogP contribution in [0.1, 0.15) is 27.7 Å².